The first-order valence-corrected chi connectivity index (χ1v) is 9.12. The average Bonchev–Trinajstić information content (AvgIpc) is 3.02. The molecule has 1 fully saturated rings. The zero-order chi connectivity index (χ0) is 20.1. The number of likely N-dealkylation sites (tertiary alicyclic amines) is 1. The quantitative estimate of drug-likeness (QED) is 0.805. The minimum Gasteiger partial charge on any atom is -0.342 e. The summed E-state index contributed by atoms with van der Waals surface area (Å²) in [5.74, 6) is -1.31. The summed E-state index contributed by atoms with van der Waals surface area (Å²) in [6.07, 6.45) is 0.542. The third-order valence-corrected chi connectivity index (χ3v) is 4.64. The molecule has 2 aromatic rings. The average molecular weight is 383 g/mol. The van der Waals surface area contributed by atoms with Crippen molar-refractivity contribution in [3.05, 3.63) is 59.9 Å². The van der Waals surface area contributed by atoms with Crippen molar-refractivity contribution in [2.24, 2.45) is 5.92 Å². The first-order valence-electron chi connectivity index (χ1n) is 9.12. The number of hydrogen-bond acceptors (Lipinski definition) is 3. The van der Waals surface area contributed by atoms with Crippen LogP contribution in [0, 0.1) is 11.7 Å². The topological polar surface area (TPSA) is 78.5 Å². The summed E-state index contributed by atoms with van der Waals surface area (Å²) in [6.45, 7) is 2.09. The number of hydrogen-bond donors (Lipinski definition) is 2. The Morgan fingerprint density at radius 3 is 2.54 bits per heavy atom. The Labute approximate surface area is 162 Å². The molecule has 0 saturated carbocycles. The van der Waals surface area contributed by atoms with Crippen LogP contribution in [0.3, 0.4) is 0 Å². The van der Waals surface area contributed by atoms with Crippen LogP contribution < -0.4 is 10.6 Å². The van der Waals surface area contributed by atoms with E-state index in [1.807, 2.05) is 0 Å². The van der Waals surface area contributed by atoms with E-state index in [-0.39, 0.29) is 30.0 Å². The molecule has 2 N–H and O–H groups in total. The summed E-state index contributed by atoms with van der Waals surface area (Å²) in [6, 6.07) is 13.3. The van der Waals surface area contributed by atoms with Crippen LogP contribution in [0.2, 0.25) is 0 Å². The van der Waals surface area contributed by atoms with Crippen LogP contribution in [0.15, 0.2) is 48.5 Å². The molecular weight excluding hydrogens is 361 g/mol. The summed E-state index contributed by atoms with van der Waals surface area (Å²) in [4.78, 5) is 37.5. The molecule has 2 aromatic carbocycles. The van der Waals surface area contributed by atoms with Crippen molar-refractivity contribution in [2.45, 2.75) is 19.8 Å². The van der Waals surface area contributed by atoms with E-state index in [0.717, 1.165) is 0 Å². The summed E-state index contributed by atoms with van der Waals surface area (Å²) < 4.78 is 13.7. The Hall–Kier alpha value is -3.22. The highest BCUT2D eigenvalue weighted by Crippen LogP contribution is 2.22. The molecule has 1 unspecified atom stereocenters. The van der Waals surface area contributed by atoms with Gasteiger partial charge in [-0.3, -0.25) is 14.4 Å². The molecule has 0 bridgehead atoms. The van der Waals surface area contributed by atoms with Crippen molar-refractivity contribution < 1.29 is 18.8 Å². The van der Waals surface area contributed by atoms with E-state index < -0.39 is 5.92 Å². The van der Waals surface area contributed by atoms with E-state index in [0.29, 0.717) is 36.4 Å². The normalized spacial score (nSPS) is 16.1. The summed E-state index contributed by atoms with van der Waals surface area (Å²) >= 11 is 0. The van der Waals surface area contributed by atoms with E-state index in [1.54, 1.807) is 47.4 Å². The largest absolute Gasteiger partial charge is 0.342 e. The molecule has 0 aliphatic carbocycles. The lowest BCUT2D eigenvalue weighted by atomic mass is 10.1. The van der Waals surface area contributed by atoms with Crippen molar-refractivity contribution in [1.29, 1.82) is 0 Å². The second-order valence-corrected chi connectivity index (χ2v) is 6.83. The van der Waals surface area contributed by atoms with Gasteiger partial charge in [0, 0.05) is 37.8 Å². The van der Waals surface area contributed by atoms with Crippen molar-refractivity contribution >= 4 is 29.1 Å². The smallest absolute Gasteiger partial charge is 0.229 e. The van der Waals surface area contributed by atoms with Gasteiger partial charge >= 0.3 is 0 Å². The van der Waals surface area contributed by atoms with Crippen LogP contribution in [0.25, 0.3) is 0 Å². The molecule has 0 spiro atoms. The van der Waals surface area contributed by atoms with E-state index in [2.05, 4.69) is 10.6 Å². The van der Waals surface area contributed by atoms with E-state index in [9.17, 15) is 18.8 Å². The van der Waals surface area contributed by atoms with E-state index in [1.165, 1.54) is 13.0 Å². The fraction of sp³-hybridized carbons (Fsp3) is 0.286. The molecule has 28 heavy (non-hydrogen) atoms. The third-order valence-electron chi connectivity index (χ3n) is 4.64. The van der Waals surface area contributed by atoms with Crippen LogP contribution >= 0.6 is 0 Å². The van der Waals surface area contributed by atoms with Gasteiger partial charge < -0.3 is 15.5 Å². The molecule has 0 aromatic heterocycles. The van der Waals surface area contributed by atoms with Gasteiger partial charge in [-0.1, -0.05) is 24.3 Å². The lowest BCUT2D eigenvalue weighted by Gasteiger charge is -2.17. The molecular formula is C21H22FN3O3. The van der Waals surface area contributed by atoms with Gasteiger partial charge in [-0.2, -0.15) is 0 Å². The third kappa shape index (κ3) is 4.94. The minimum absolute atomic E-state index is 0.108. The minimum atomic E-state index is -0.461. The highest BCUT2D eigenvalue weighted by atomic mass is 19.1. The van der Waals surface area contributed by atoms with Gasteiger partial charge in [-0.15, -0.1) is 0 Å². The maximum atomic E-state index is 13.7. The number of carbonyl (C=O) groups is 3. The Morgan fingerprint density at radius 1 is 1.11 bits per heavy atom. The number of benzene rings is 2. The van der Waals surface area contributed by atoms with Crippen LogP contribution in [0.5, 0.6) is 0 Å². The Morgan fingerprint density at radius 2 is 1.82 bits per heavy atom. The van der Waals surface area contributed by atoms with Crippen LogP contribution in [0.4, 0.5) is 15.8 Å². The lowest BCUT2D eigenvalue weighted by Crippen LogP contribution is -2.30. The summed E-state index contributed by atoms with van der Waals surface area (Å²) in [5.41, 5.74) is 1.69. The van der Waals surface area contributed by atoms with Crippen LogP contribution in [0.1, 0.15) is 18.9 Å². The predicted molar refractivity (Wildman–Crippen MR) is 104 cm³/mol. The highest BCUT2D eigenvalue weighted by molar-refractivity contribution is 5.98. The van der Waals surface area contributed by atoms with Crippen molar-refractivity contribution in [3.8, 4) is 0 Å². The molecule has 1 heterocycles. The number of nitrogens with one attached hydrogen (secondary N) is 2. The SMILES string of the molecule is CC(=O)Nc1cccc(NC(=O)C2CC(=O)N(CCc3ccccc3F)C2)c1. The Balaban J connectivity index is 1.56. The second-order valence-electron chi connectivity index (χ2n) is 6.83. The highest BCUT2D eigenvalue weighted by Gasteiger charge is 2.34. The van der Waals surface area contributed by atoms with Crippen molar-refractivity contribution in [3.63, 3.8) is 0 Å². The number of amides is 3. The molecule has 3 amide bonds. The zero-order valence-electron chi connectivity index (χ0n) is 15.6. The van der Waals surface area contributed by atoms with Crippen LogP contribution in [-0.2, 0) is 20.8 Å². The molecule has 7 heteroatoms. The molecule has 1 atom stereocenters. The molecule has 1 aliphatic heterocycles. The van der Waals surface area contributed by atoms with Gasteiger partial charge in [0.05, 0.1) is 5.92 Å². The first kappa shape index (κ1) is 19.5. The molecule has 1 aliphatic rings. The number of halogens is 1. The van der Waals surface area contributed by atoms with Gasteiger partial charge in [0.25, 0.3) is 0 Å². The molecule has 0 radical (unpaired) electrons. The summed E-state index contributed by atoms with van der Waals surface area (Å²) in [7, 11) is 0. The number of carbonyl (C=O) groups excluding carboxylic acids is 3. The van der Waals surface area contributed by atoms with Gasteiger partial charge in [0.2, 0.25) is 17.7 Å². The maximum absolute atomic E-state index is 13.7. The number of anilines is 2. The number of rotatable bonds is 6. The first-order chi connectivity index (χ1) is 13.4. The van der Waals surface area contributed by atoms with Gasteiger partial charge in [0.1, 0.15) is 5.82 Å². The van der Waals surface area contributed by atoms with Gasteiger partial charge in [-0.05, 0) is 36.2 Å². The molecule has 3 rings (SSSR count). The fourth-order valence-corrected chi connectivity index (χ4v) is 3.24. The van der Waals surface area contributed by atoms with E-state index in [4.69, 9.17) is 0 Å². The lowest BCUT2D eigenvalue weighted by molar-refractivity contribution is -0.128. The van der Waals surface area contributed by atoms with Crippen LogP contribution in [-0.4, -0.2) is 35.7 Å². The monoisotopic (exact) mass is 383 g/mol. The maximum Gasteiger partial charge on any atom is 0.229 e. The summed E-state index contributed by atoms with van der Waals surface area (Å²) in [5, 5.41) is 5.45. The number of nitrogens with zero attached hydrogens (tertiary/aromatic N) is 1. The molecule has 1 saturated heterocycles. The van der Waals surface area contributed by atoms with E-state index >= 15 is 0 Å². The van der Waals surface area contributed by atoms with Gasteiger partial charge in [-0.25, -0.2) is 4.39 Å². The van der Waals surface area contributed by atoms with Crippen molar-refractivity contribution in [1.82, 2.24) is 4.90 Å². The second kappa shape index (κ2) is 8.65. The molecule has 146 valence electrons. The zero-order valence-corrected chi connectivity index (χ0v) is 15.6. The van der Waals surface area contributed by atoms with Gasteiger partial charge in [0.15, 0.2) is 0 Å². The Bertz CT molecular complexity index is 900. The standard InChI is InChI=1S/C21H22FN3O3/c1-14(26)23-17-6-4-7-18(12-17)24-21(28)16-11-20(27)25(13-16)10-9-15-5-2-3-8-19(15)22/h2-8,12,16H,9-11,13H2,1H3,(H,23,26)(H,24,28). The fourth-order valence-electron chi connectivity index (χ4n) is 3.24. The molecule has 6 nitrogen and oxygen atoms in total. The Kier molecular flexibility index (Phi) is 6.03. The predicted octanol–water partition coefficient (Wildman–Crippen LogP) is 2.81. The van der Waals surface area contributed by atoms with Crippen molar-refractivity contribution in [2.75, 3.05) is 23.7 Å².